The van der Waals surface area contributed by atoms with Crippen LogP contribution in [0, 0.1) is 10.1 Å². The number of benzene rings is 1. The van der Waals surface area contributed by atoms with Crippen LogP contribution in [0.15, 0.2) is 24.3 Å². The van der Waals surface area contributed by atoms with Crippen molar-refractivity contribution in [2.75, 3.05) is 5.73 Å². The third kappa shape index (κ3) is 1.62. The largest absolute Gasteiger partial charge is 0.383 e. The first-order valence-electron chi connectivity index (χ1n) is 6.08. The number of para-hydroxylation sites is 2. The predicted molar refractivity (Wildman–Crippen MR) is 73.7 cm³/mol. The van der Waals surface area contributed by atoms with Crippen molar-refractivity contribution in [3.05, 3.63) is 40.1 Å². The number of H-pyrrole nitrogens is 1. The Hall–Kier alpha value is -2.90. The van der Waals surface area contributed by atoms with E-state index in [0.717, 1.165) is 5.69 Å². The summed E-state index contributed by atoms with van der Waals surface area (Å²) in [5.74, 6) is 0.418. The molecule has 0 fully saturated rings. The number of nitrogens with zero attached hydrogens (tertiary/aromatic N) is 4. The molecule has 2 aromatic heterocycles. The normalized spacial score (nSPS) is 11.1. The molecular weight excluding hydrogens is 260 g/mol. The van der Waals surface area contributed by atoms with Crippen LogP contribution < -0.4 is 5.73 Å². The Bertz CT molecular complexity index is 803. The van der Waals surface area contributed by atoms with Crippen LogP contribution >= 0.6 is 0 Å². The third-order valence-electron chi connectivity index (χ3n) is 3.13. The zero-order valence-electron chi connectivity index (χ0n) is 10.7. The van der Waals surface area contributed by atoms with E-state index in [1.54, 1.807) is 18.2 Å². The number of nitro groups is 1. The van der Waals surface area contributed by atoms with Gasteiger partial charge in [0.25, 0.3) is 5.69 Å². The van der Waals surface area contributed by atoms with E-state index < -0.39 is 4.92 Å². The Labute approximate surface area is 113 Å². The first-order chi connectivity index (χ1) is 9.63. The minimum Gasteiger partial charge on any atom is -0.383 e. The van der Waals surface area contributed by atoms with Crippen LogP contribution in [0.25, 0.3) is 16.7 Å². The maximum atomic E-state index is 11.1. The molecule has 0 aliphatic heterocycles. The van der Waals surface area contributed by atoms with Gasteiger partial charge in [-0.2, -0.15) is 10.2 Å². The van der Waals surface area contributed by atoms with E-state index in [0.29, 0.717) is 29.0 Å². The van der Waals surface area contributed by atoms with Crippen LogP contribution in [0.1, 0.15) is 12.6 Å². The second-order valence-corrected chi connectivity index (χ2v) is 4.29. The fourth-order valence-electron chi connectivity index (χ4n) is 2.21. The lowest BCUT2D eigenvalue weighted by Gasteiger charge is -2.02. The molecule has 0 amide bonds. The molecular formula is C12H12N6O2. The number of nitrogen functional groups attached to an aromatic ring is 1. The highest BCUT2D eigenvalue weighted by Gasteiger charge is 2.21. The van der Waals surface area contributed by atoms with Gasteiger partial charge in [0.05, 0.1) is 16.0 Å². The monoisotopic (exact) mass is 272 g/mol. The summed E-state index contributed by atoms with van der Waals surface area (Å²) in [5.41, 5.74) is 7.43. The lowest BCUT2D eigenvalue weighted by molar-refractivity contribution is -0.384. The molecule has 3 rings (SSSR count). The summed E-state index contributed by atoms with van der Waals surface area (Å²) in [4.78, 5) is 10.7. The van der Waals surface area contributed by atoms with Crippen LogP contribution in [-0.2, 0) is 6.42 Å². The number of hydrogen-bond donors (Lipinski definition) is 2. The van der Waals surface area contributed by atoms with E-state index in [2.05, 4.69) is 15.3 Å². The van der Waals surface area contributed by atoms with Gasteiger partial charge in [-0.25, -0.2) is 4.68 Å². The van der Waals surface area contributed by atoms with Crippen molar-refractivity contribution >= 4 is 22.5 Å². The minimum absolute atomic E-state index is 0.0267. The van der Waals surface area contributed by atoms with Crippen LogP contribution in [0.5, 0.6) is 0 Å². The maximum Gasteiger partial charge on any atom is 0.294 e. The number of fused-ring (bicyclic) bond motifs is 1. The summed E-state index contributed by atoms with van der Waals surface area (Å²) in [6.07, 6.45) is 0.661. The Morgan fingerprint density at radius 3 is 2.90 bits per heavy atom. The first kappa shape index (κ1) is 12.2. The van der Waals surface area contributed by atoms with Crippen molar-refractivity contribution in [1.29, 1.82) is 0 Å². The van der Waals surface area contributed by atoms with Gasteiger partial charge in [-0.15, -0.1) is 0 Å². The van der Waals surface area contributed by atoms with Gasteiger partial charge in [0, 0.05) is 6.07 Å². The average Bonchev–Trinajstić information content (AvgIpc) is 3.00. The van der Waals surface area contributed by atoms with Crippen LogP contribution in [0.2, 0.25) is 0 Å². The third-order valence-corrected chi connectivity index (χ3v) is 3.13. The fourth-order valence-corrected chi connectivity index (χ4v) is 2.21. The van der Waals surface area contributed by atoms with Gasteiger partial charge in [0.2, 0.25) is 0 Å². The Balaban J connectivity index is 2.33. The molecule has 0 unspecified atom stereocenters. The summed E-state index contributed by atoms with van der Waals surface area (Å²) in [5, 5.41) is 23.0. The standard InChI is InChI=1S/C12H12N6O2/c1-2-7-10-11(13)14-15-12(10)17(16-7)8-5-3-4-6-9(8)18(19)20/h3-6H,2H2,1H3,(H3,13,14,15). The molecule has 3 N–H and O–H groups in total. The number of nitro benzene ring substituents is 1. The number of nitrogens with two attached hydrogens (primary N) is 1. The first-order valence-corrected chi connectivity index (χ1v) is 6.08. The van der Waals surface area contributed by atoms with Crippen molar-refractivity contribution in [2.45, 2.75) is 13.3 Å². The molecule has 2 heterocycles. The van der Waals surface area contributed by atoms with Gasteiger partial charge >= 0.3 is 0 Å². The van der Waals surface area contributed by atoms with Crippen molar-refractivity contribution in [3.8, 4) is 5.69 Å². The summed E-state index contributed by atoms with van der Waals surface area (Å²) in [7, 11) is 0. The van der Waals surface area contributed by atoms with Gasteiger partial charge < -0.3 is 5.73 Å². The fraction of sp³-hybridized carbons (Fsp3) is 0.167. The molecule has 20 heavy (non-hydrogen) atoms. The Morgan fingerprint density at radius 1 is 1.45 bits per heavy atom. The van der Waals surface area contributed by atoms with E-state index in [-0.39, 0.29) is 5.69 Å². The molecule has 0 bridgehead atoms. The van der Waals surface area contributed by atoms with Crippen molar-refractivity contribution in [2.24, 2.45) is 0 Å². The topological polar surface area (TPSA) is 116 Å². The SMILES string of the molecule is CCc1nn(-c2ccccc2[N+](=O)[O-])c2n[nH]c(N)c12. The smallest absolute Gasteiger partial charge is 0.294 e. The molecule has 0 atom stereocenters. The maximum absolute atomic E-state index is 11.1. The van der Waals surface area contributed by atoms with E-state index in [1.165, 1.54) is 10.7 Å². The predicted octanol–water partition coefficient (Wildman–Crippen LogP) is 1.80. The zero-order valence-corrected chi connectivity index (χ0v) is 10.7. The molecule has 102 valence electrons. The lowest BCUT2D eigenvalue weighted by atomic mass is 10.2. The van der Waals surface area contributed by atoms with E-state index in [4.69, 9.17) is 5.73 Å². The summed E-state index contributed by atoms with van der Waals surface area (Å²) >= 11 is 0. The number of rotatable bonds is 3. The number of aromatic nitrogens is 4. The molecule has 0 spiro atoms. The van der Waals surface area contributed by atoms with Gasteiger partial charge in [-0.05, 0) is 12.5 Å². The molecule has 0 radical (unpaired) electrons. The summed E-state index contributed by atoms with van der Waals surface area (Å²) in [6.45, 7) is 1.94. The van der Waals surface area contributed by atoms with E-state index >= 15 is 0 Å². The Morgan fingerprint density at radius 2 is 2.20 bits per heavy atom. The van der Waals surface area contributed by atoms with Crippen molar-refractivity contribution in [1.82, 2.24) is 20.0 Å². The molecule has 3 aromatic rings. The summed E-state index contributed by atoms with van der Waals surface area (Å²) in [6, 6.07) is 6.40. The zero-order chi connectivity index (χ0) is 14.3. The summed E-state index contributed by atoms with van der Waals surface area (Å²) < 4.78 is 1.46. The average molecular weight is 272 g/mol. The second kappa shape index (κ2) is 4.34. The van der Waals surface area contributed by atoms with Crippen LogP contribution in [0.4, 0.5) is 11.5 Å². The second-order valence-electron chi connectivity index (χ2n) is 4.29. The molecule has 0 saturated carbocycles. The minimum atomic E-state index is -0.440. The number of aromatic amines is 1. The molecule has 0 aliphatic rings. The van der Waals surface area contributed by atoms with Crippen LogP contribution in [-0.4, -0.2) is 24.9 Å². The quantitative estimate of drug-likeness (QED) is 0.557. The number of nitrogens with one attached hydrogen (secondary N) is 1. The highest BCUT2D eigenvalue weighted by atomic mass is 16.6. The highest BCUT2D eigenvalue weighted by Crippen LogP contribution is 2.29. The number of hydrogen-bond acceptors (Lipinski definition) is 5. The number of aryl methyl sites for hydroxylation is 1. The lowest BCUT2D eigenvalue weighted by Crippen LogP contribution is -2.02. The van der Waals surface area contributed by atoms with Gasteiger partial charge in [0.1, 0.15) is 11.5 Å². The number of anilines is 1. The molecule has 0 saturated heterocycles. The molecule has 8 heteroatoms. The van der Waals surface area contributed by atoms with Gasteiger partial charge in [-0.1, -0.05) is 19.1 Å². The van der Waals surface area contributed by atoms with E-state index in [9.17, 15) is 10.1 Å². The molecule has 1 aromatic carbocycles. The Kier molecular flexibility index (Phi) is 2.63. The molecule has 8 nitrogen and oxygen atoms in total. The molecule has 0 aliphatic carbocycles. The van der Waals surface area contributed by atoms with Crippen molar-refractivity contribution < 1.29 is 4.92 Å². The van der Waals surface area contributed by atoms with Crippen LogP contribution in [0.3, 0.4) is 0 Å². The highest BCUT2D eigenvalue weighted by molar-refractivity contribution is 5.90. The van der Waals surface area contributed by atoms with Gasteiger partial charge in [-0.3, -0.25) is 15.2 Å². The van der Waals surface area contributed by atoms with Crippen molar-refractivity contribution in [3.63, 3.8) is 0 Å². The van der Waals surface area contributed by atoms with E-state index in [1.807, 2.05) is 6.92 Å². The van der Waals surface area contributed by atoms with Gasteiger partial charge in [0.15, 0.2) is 5.65 Å².